The van der Waals surface area contributed by atoms with Crippen LogP contribution in [-0.2, 0) is 12.7 Å². The van der Waals surface area contributed by atoms with Gasteiger partial charge in [-0.05, 0) is 6.07 Å². The highest BCUT2D eigenvalue weighted by Gasteiger charge is 2.35. The molecule has 1 saturated heterocycles. The number of halogens is 4. The Morgan fingerprint density at radius 2 is 1.93 bits per heavy atom. The molecule has 0 unspecified atom stereocenters. The average Bonchev–Trinajstić information content (AvgIpc) is 3.17. The van der Waals surface area contributed by atoms with Crippen molar-refractivity contribution >= 4 is 5.91 Å². The molecule has 0 bridgehead atoms. The van der Waals surface area contributed by atoms with E-state index < -0.39 is 23.6 Å². The van der Waals surface area contributed by atoms with Crippen LogP contribution in [0.2, 0.25) is 0 Å². The van der Waals surface area contributed by atoms with Gasteiger partial charge in [-0.1, -0.05) is 18.2 Å². The molecule has 2 N–H and O–H groups in total. The molecular formula is C18H21F4N5O. The molecule has 1 aromatic heterocycles. The van der Waals surface area contributed by atoms with Gasteiger partial charge in [-0.15, -0.1) is 0 Å². The van der Waals surface area contributed by atoms with Crippen LogP contribution in [-0.4, -0.2) is 65.2 Å². The largest absolute Gasteiger partial charge is 0.435 e. The van der Waals surface area contributed by atoms with Crippen LogP contribution in [0.15, 0.2) is 30.3 Å². The Morgan fingerprint density at radius 3 is 2.57 bits per heavy atom. The molecule has 0 spiro atoms. The van der Waals surface area contributed by atoms with Gasteiger partial charge in [0.1, 0.15) is 11.5 Å². The second-order valence-corrected chi connectivity index (χ2v) is 6.57. The number of hydrogen-bond donors (Lipinski definition) is 2. The highest BCUT2D eigenvalue weighted by atomic mass is 19.4. The third-order valence-electron chi connectivity index (χ3n) is 4.60. The van der Waals surface area contributed by atoms with E-state index in [1.165, 1.54) is 17.0 Å². The minimum absolute atomic E-state index is 0.0437. The van der Waals surface area contributed by atoms with Crippen molar-refractivity contribution in [3.8, 4) is 0 Å². The van der Waals surface area contributed by atoms with Gasteiger partial charge < -0.3 is 10.2 Å². The number of carbonyl (C=O) groups is 1. The summed E-state index contributed by atoms with van der Waals surface area (Å²) in [6, 6.07) is 6.70. The first-order valence-electron chi connectivity index (χ1n) is 8.93. The number of piperazine rings is 1. The lowest BCUT2D eigenvalue weighted by atomic mass is 10.2. The highest BCUT2D eigenvalue weighted by Crippen LogP contribution is 2.28. The summed E-state index contributed by atoms with van der Waals surface area (Å²) in [7, 11) is 0. The molecule has 10 heteroatoms. The normalized spacial score (nSPS) is 15.6. The van der Waals surface area contributed by atoms with E-state index in [-0.39, 0.29) is 18.8 Å². The van der Waals surface area contributed by atoms with Crippen LogP contribution >= 0.6 is 0 Å². The maximum Gasteiger partial charge on any atom is 0.435 e. The monoisotopic (exact) mass is 399 g/mol. The first-order valence-corrected chi connectivity index (χ1v) is 8.93. The third kappa shape index (κ3) is 5.08. The van der Waals surface area contributed by atoms with Crippen LogP contribution < -0.4 is 5.32 Å². The van der Waals surface area contributed by atoms with Gasteiger partial charge in [0, 0.05) is 57.4 Å². The lowest BCUT2D eigenvalue weighted by Gasteiger charge is -2.30. The SMILES string of the molecule is O=C(c1cc(C(F)(F)F)n[nH]1)N(CCN1CCNCC1)Cc1ccccc1F. The molecule has 2 heterocycles. The van der Waals surface area contributed by atoms with Crippen molar-refractivity contribution < 1.29 is 22.4 Å². The third-order valence-corrected chi connectivity index (χ3v) is 4.60. The quantitative estimate of drug-likeness (QED) is 0.731. The van der Waals surface area contributed by atoms with Gasteiger partial charge in [0.25, 0.3) is 5.91 Å². The van der Waals surface area contributed by atoms with E-state index in [1.54, 1.807) is 12.1 Å². The number of H-pyrrole nitrogens is 1. The molecular weight excluding hydrogens is 378 g/mol. The number of alkyl halides is 3. The molecule has 1 aliphatic rings. The van der Waals surface area contributed by atoms with Gasteiger partial charge in [-0.2, -0.15) is 18.3 Å². The van der Waals surface area contributed by atoms with Gasteiger partial charge in [0.05, 0.1) is 0 Å². The summed E-state index contributed by atoms with van der Waals surface area (Å²) in [5.41, 5.74) is -1.14. The fourth-order valence-corrected chi connectivity index (χ4v) is 3.03. The number of nitrogens with zero attached hydrogens (tertiary/aromatic N) is 3. The molecule has 0 saturated carbocycles. The molecule has 2 aromatic rings. The van der Waals surface area contributed by atoms with E-state index in [0.29, 0.717) is 18.2 Å². The number of amides is 1. The predicted octanol–water partition coefficient (Wildman–Crippen LogP) is 2.12. The molecule has 6 nitrogen and oxygen atoms in total. The molecule has 1 aromatic carbocycles. The van der Waals surface area contributed by atoms with Crippen LogP contribution in [0.1, 0.15) is 21.7 Å². The first kappa shape index (κ1) is 20.3. The second-order valence-electron chi connectivity index (χ2n) is 6.57. The molecule has 3 rings (SSSR count). The molecule has 0 aliphatic carbocycles. The molecule has 0 radical (unpaired) electrons. The van der Waals surface area contributed by atoms with Crippen LogP contribution in [0.5, 0.6) is 0 Å². The van der Waals surface area contributed by atoms with Crippen LogP contribution in [0.25, 0.3) is 0 Å². The van der Waals surface area contributed by atoms with Crippen molar-refractivity contribution in [2.75, 3.05) is 39.3 Å². The fourth-order valence-electron chi connectivity index (χ4n) is 3.03. The van der Waals surface area contributed by atoms with Gasteiger partial charge in [0.15, 0.2) is 5.69 Å². The van der Waals surface area contributed by atoms with E-state index >= 15 is 0 Å². The number of aromatic nitrogens is 2. The Balaban J connectivity index is 1.76. The summed E-state index contributed by atoms with van der Waals surface area (Å²) in [6.45, 7) is 4.04. The molecule has 28 heavy (non-hydrogen) atoms. The number of carbonyl (C=O) groups excluding carboxylic acids is 1. The zero-order valence-electron chi connectivity index (χ0n) is 15.1. The van der Waals surface area contributed by atoms with Gasteiger partial charge in [-0.25, -0.2) is 4.39 Å². The van der Waals surface area contributed by atoms with E-state index in [9.17, 15) is 22.4 Å². The smallest absolute Gasteiger partial charge is 0.332 e. The number of aromatic amines is 1. The van der Waals surface area contributed by atoms with Crippen molar-refractivity contribution in [2.45, 2.75) is 12.7 Å². The molecule has 1 fully saturated rings. The summed E-state index contributed by atoms with van der Waals surface area (Å²) in [4.78, 5) is 16.3. The Labute approximate surface area is 159 Å². The number of hydrogen-bond acceptors (Lipinski definition) is 4. The fraction of sp³-hybridized carbons (Fsp3) is 0.444. The Hall–Kier alpha value is -2.46. The zero-order valence-corrected chi connectivity index (χ0v) is 15.1. The summed E-state index contributed by atoms with van der Waals surface area (Å²) in [5.74, 6) is -1.12. The molecule has 1 aliphatic heterocycles. The van der Waals surface area contributed by atoms with E-state index in [1.807, 2.05) is 0 Å². The van der Waals surface area contributed by atoms with E-state index in [2.05, 4.69) is 20.4 Å². The van der Waals surface area contributed by atoms with Crippen molar-refractivity contribution in [2.24, 2.45) is 0 Å². The minimum atomic E-state index is -4.65. The Bertz CT molecular complexity index is 801. The van der Waals surface area contributed by atoms with Gasteiger partial charge in [0.2, 0.25) is 0 Å². The van der Waals surface area contributed by atoms with E-state index in [0.717, 1.165) is 26.2 Å². The summed E-state index contributed by atoms with van der Waals surface area (Å²) >= 11 is 0. The van der Waals surface area contributed by atoms with Crippen molar-refractivity contribution in [1.29, 1.82) is 0 Å². The number of nitrogens with one attached hydrogen (secondary N) is 2. The molecule has 0 atom stereocenters. The molecule has 152 valence electrons. The van der Waals surface area contributed by atoms with Crippen molar-refractivity contribution in [1.82, 2.24) is 25.3 Å². The van der Waals surface area contributed by atoms with Crippen LogP contribution in [0.3, 0.4) is 0 Å². The highest BCUT2D eigenvalue weighted by molar-refractivity contribution is 5.92. The summed E-state index contributed by atoms with van der Waals surface area (Å²) < 4.78 is 52.4. The minimum Gasteiger partial charge on any atom is -0.332 e. The standard InChI is InChI=1S/C18H21F4N5O/c19-14-4-2-1-3-13(14)12-27(10-9-26-7-5-23-6-8-26)17(28)15-11-16(25-24-15)18(20,21)22/h1-4,11,23H,5-10,12H2,(H,24,25). The first-order chi connectivity index (χ1) is 13.3. The van der Waals surface area contributed by atoms with Crippen molar-refractivity contribution in [3.05, 3.63) is 53.1 Å². The average molecular weight is 399 g/mol. The number of benzene rings is 1. The zero-order chi connectivity index (χ0) is 20.1. The lowest BCUT2D eigenvalue weighted by Crippen LogP contribution is -2.47. The van der Waals surface area contributed by atoms with Gasteiger partial charge >= 0.3 is 6.18 Å². The maximum atomic E-state index is 14.0. The Morgan fingerprint density at radius 1 is 1.21 bits per heavy atom. The van der Waals surface area contributed by atoms with E-state index in [4.69, 9.17) is 0 Å². The second kappa shape index (κ2) is 8.70. The summed E-state index contributed by atoms with van der Waals surface area (Å²) in [6.07, 6.45) is -4.65. The van der Waals surface area contributed by atoms with Crippen LogP contribution in [0, 0.1) is 5.82 Å². The van der Waals surface area contributed by atoms with Crippen molar-refractivity contribution in [3.63, 3.8) is 0 Å². The maximum absolute atomic E-state index is 14.0. The Kier molecular flexibility index (Phi) is 6.30. The lowest BCUT2D eigenvalue weighted by molar-refractivity contribution is -0.141. The topological polar surface area (TPSA) is 64.3 Å². The predicted molar refractivity (Wildman–Crippen MR) is 94.0 cm³/mol. The number of rotatable bonds is 6. The van der Waals surface area contributed by atoms with Crippen LogP contribution in [0.4, 0.5) is 17.6 Å². The van der Waals surface area contributed by atoms with Gasteiger partial charge in [-0.3, -0.25) is 14.8 Å². The summed E-state index contributed by atoms with van der Waals surface area (Å²) in [5, 5.41) is 8.55. The molecule has 1 amide bonds.